The molecule has 4 nitrogen and oxygen atoms in total. The molecule has 1 heterocycles. The number of rotatable bonds is 4. The van der Waals surface area contributed by atoms with E-state index in [1.54, 1.807) is 11.4 Å². The van der Waals surface area contributed by atoms with E-state index in [0.717, 1.165) is 17.7 Å². The number of hydrogen-bond acceptors (Lipinski definition) is 4. The van der Waals surface area contributed by atoms with Crippen molar-refractivity contribution >= 4 is 21.4 Å². The molecule has 1 aliphatic rings. The summed E-state index contributed by atoms with van der Waals surface area (Å²) in [5.74, 6) is 1.15. The van der Waals surface area contributed by atoms with Crippen LogP contribution in [0.15, 0.2) is 16.3 Å². The van der Waals surface area contributed by atoms with E-state index in [0.29, 0.717) is 16.7 Å². The molecule has 1 saturated carbocycles. The zero-order valence-corrected chi connectivity index (χ0v) is 13.1. The fraction of sp³-hybridized carbons (Fsp3) is 0.692. The van der Waals surface area contributed by atoms with E-state index in [2.05, 4.69) is 18.6 Å². The molecule has 0 radical (unpaired) electrons. The van der Waals surface area contributed by atoms with Crippen molar-refractivity contribution in [1.29, 1.82) is 0 Å². The zero-order valence-electron chi connectivity index (χ0n) is 11.4. The summed E-state index contributed by atoms with van der Waals surface area (Å²) in [7, 11) is -3.43. The van der Waals surface area contributed by atoms with Crippen LogP contribution in [0.25, 0.3) is 0 Å². The molecule has 1 aliphatic carbocycles. The third kappa shape index (κ3) is 3.56. The summed E-state index contributed by atoms with van der Waals surface area (Å²) in [5.41, 5.74) is 5.59. The third-order valence-electron chi connectivity index (χ3n) is 3.68. The molecule has 1 aromatic rings. The Morgan fingerprint density at radius 1 is 1.32 bits per heavy atom. The number of nitrogens with one attached hydrogen (secondary N) is 1. The van der Waals surface area contributed by atoms with Crippen LogP contribution in [0.1, 0.15) is 38.0 Å². The Morgan fingerprint density at radius 2 is 1.95 bits per heavy atom. The first-order valence-corrected chi connectivity index (χ1v) is 9.07. The van der Waals surface area contributed by atoms with Crippen molar-refractivity contribution in [2.45, 2.75) is 50.6 Å². The van der Waals surface area contributed by atoms with Crippen LogP contribution in [0.4, 0.5) is 0 Å². The maximum absolute atomic E-state index is 12.4. The average molecular weight is 302 g/mol. The SMILES string of the molecule is CC1CC(C)CC(NS(=O)(=O)c2ccsc2CN)C1. The molecule has 19 heavy (non-hydrogen) atoms. The minimum Gasteiger partial charge on any atom is -0.326 e. The summed E-state index contributed by atoms with van der Waals surface area (Å²) >= 11 is 1.40. The second-order valence-corrected chi connectivity index (χ2v) is 8.33. The van der Waals surface area contributed by atoms with Crippen LogP contribution in [-0.2, 0) is 16.6 Å². The van der Waals surface area contributed by atoms with Gasteiger partial charge in [-0.05, 0) is 42.5 Å². The normalized spacial score (nSPS) is 28.5. The second kappa shape index (κ2) is 5.91. The van der Waals surface area contributed by atoms with E-state index in [-0.39, 0.29) is 12.6 Å². The molecule has 0 saturated heterocycles. The first-order valence-electron chi connectivity index (χ1n) is 6.71. The molecule has 6 heteroatoms. The van der Waals surface area contributed by atoms with Crippen molar-refractivity contribution in [2.24, 2.45) is 17.6 Å². The average Bonchev–Trinajstić information content (AvgIpc) is 2.75. The Morgan fingerprint density at radius 3 is 2.53 bits per heavy atom. The summed E-state index contributed by atoms with van der Waals surface area (Å²) in [6.45, 7) is 4.64. The lowest BCUT2D eigenvalue weighted by molar-refractivity contribution is 0.257. The predicted octanol–water partition coefficient (Wildman–Crippen LogP) is 2.31. The van der Waals surface area contributed by atoms with Gasteiger partial charge in [0.1, 0.15) is 0 Å². The first kappa shape index (κ1) is 15.0. The van der Waals surface area contributed by atoms with Crippen molar-refractivity contribution in [3.8, 4) is 0 Å². The van der Waals surface area contributed by atoms with Gasteiger partial charge in [-0.1, -0.05) is 13.8 Å². The van der Waals surface area contributed by atoms with Gasteiger partial charge in [0, 0.05) is 17.5 Å². The highest BCUT2D eigenvalue weighted by Crippen LogP contribution is 2.30. The molecule has 0 aliphatic heterocycles. The summed E-state index contributed by atoms with van der Waals surface area (Å²) < 4.78 is 27.6. The fourth-order valence-electron chi connectivity index (χ4n) is 3.04. The lowest BCUT2D eigenvalue weighted by Crippen LogP contribution is -2.40. The number of nitrogens with two attached hydrogens (primary N) is 1. The van der Waals surface area contributed by atoms with Gasteiger partial charge in [0.05, 0.1) is 4.90 Å². The predicted molar refractivity (Wildman–Crippen MR) is 78.5 cm³/mol. The lowest BCUT2D eigenvalue weighted by Gasteiger charge is -2.31. The van der Waals surface area contributed by atoms with Gasteiger partial charge in [-0.25, -0.2) is 13.1 Å². The Balaban J connectivity index is 2.13. The van der Waals surface area contributed by atoms with E-state index in [1.807, 2.05) is 0 Å². The molecule has 2 unspecified atom stereocenters. The Labute approximate surface area is 119 Å². The second-order valence-electron chi connectivity index (χ2n) is 5.65. The summed E-state index contributed by atoms with van der Waals surface area (Å²) in [4.78, 5) is 1.08. The molecule has 2 atom stereocenters. The van der Waals surface area contributed by atoms with E-state index < -0.39 is 10.0 Å². The maximum atomic E-state index is 12.4. The van der Waals surface area contributed by atoms with Crippen LogP contribution in [0, 0.1) is 11.8 Å². The quantitative estimate of drug-likeness (QED) is 0.896. The summed E-state index contributed by atoms with van der Waals surface area (Å²) in [6, 6.07) is 1.69. The Hall–Kier alpha value is -0.430. The van der Waals surface area contributed by atoms with Crippen molar-refractivity contribution in [3.05, 3.63) is 16.3 Å². The highest BCUT2D eigenvalue weighted by atomic mass is 32.2. The molecule has 1 fully saturated rings. The lowest BCUT2D eigenvalue weighted by atomic mass is 9.81. The minimum atomic E-state index is -3.43. The van der Waals surface area contributed by atoms with Crippen LogP contribution in [0.5, 0.6) is 0 Å². The molecule has 108 valence electrons. The molecule has 0 amide bonds. The monoisotopic (exact) mass is 302 g/mol. The number of sulfonamides is 1. The van der Waals surface area contributed by atoms with Crippen LogP contribution in [-0.4, -0.2) is 14.5 Å². The summed E-state index contributed by atoms with van der Waals surface area (Å²) in [6.07, 6.45) is 3.03. The number of thiophene rings is 1. The van der Waals surface area contributed by atoms with Crippen molar-refractivity contribution in [2.75, 3.05) is 0 Å². The van der Waals surface area contributed by atoms with E-state index in [4.69, 9.17) is 5.73 Å². The van der Waals surface area contributed by atoms with Crippen LogP contribution < -0.4 is 10.5 Å². The van der Waals surface area contributed by atoms with Gasteiger partial charge in [0.15, 0.2) is 0 Å². The van der Waals surface area contributed by atoms with Crippen LogP contribution >= 0.6 is 11.3 Å². The molecule has 0 bridgehead atoms. The molecular weight excluding hydrogens is 280 g/mol. The smallest absolute Gasteiger partial charge is 0.241 e. The Kier molecular flexibility index (Phi) is 4.66. The van der Waals surface area contributed by atoms with Gasteiger partial charge in [0.25, 0.3) is 0 Å². The van der Waals surface area contributed by atoms with Crippen molar-refractivity contribution in [3.63, 3.8) is 0 Å². The van der Waals surface area contributed by atoms with E-state index in [9.17, 15) is 8.42 Å². The van der Waals surface area contributed by atoms with E-state index in [1.165, 1.54) is 17.8 Å². The molecule has 3 N–H and O–H groups in total. The standard InChI is InChI=1S/C13H22N2O2S2/c1-9-5-10(2)7-11(6-9)15-19(16,17)13-3-4-18-12(13)8-14/h3-4,9-11,15H,5-8,14H2,1-2H3. The molecule has 0 aromatic carbocycles. The topological polar surface area (TPSA) is 72.2 Å². The first-order chi connectivity index (χ1) is 8.92. The van der Waals surface area contributed by atoms with Crippen molar-refractivity contribution < 1.29 is 8.42 Å². The van der Waals surface area contributed by atoms with Gasteiger partial charge in [-0.3, -0.25) is 0 Å². The minimum absolute atomic E-state index is 0.0503. The molecule has 0 spiro atoms. The third-order valence-corrected chi connectivity index (χ3v) is 6.36. The maximum Gasteiger partial charge on any atom is 0.241 e. The van der Waals surface area contributed by atoms with Gasteiger partial charge >= 0.3 is 0 Å². The zero-order chi connectivity index (χ0) is 14.0. The van der Waals surface area contributed by atoms with Crippen LogP contribution in [0.2, 0.25) is 0 Å². The molecule has 2 rings (SSSR count). The summed E-state index contributed by atoms with van der Waals surface area (Å²) in [5, 5.41) is 1.78. The highest BCUT2D eigenvalue weighted by Gasteiger charge is 2.29. The highest BCUT2D eigenvalue weighted by molar-refractivity contribution is 7.89. The largest absolute Gasteiger partial charge is 0.326 e. The van der Waals surface area contributed by atoms with Gasteiger partial charge in [-0.2, -0.15) is 0 Å². The van der Waals surface area contributed by atoms with Gasteiger partial charge in [0.2, 0.25) is 10.0 Å². The van der Waals surface area contributed by atoms with Gasteiger partial charge in [-0.15, -0.1) is 11.3 Å². The molecular formula is C13H22N2O2S2. The fourth-order valence-corrected chi connectivity index (χ4v) is 5.64. The van der Waals surface area contributed by atoms with Gasteiger partial charge < -0.3 is 5.73 Å². The Bertz CT molecular complexity index is 515. The number of hydrogen-bond donors (Lipinski definition) is 2. The van der Waals surface area contributed by atoms with Crippen molar-refractivity contribution in [1.82, 2.24) is 4.72 Å². The molecule has 1 aromatic heterocycles. The van der Waals surface area contributed by atoms with Crippen LogP contribution in [0.3, 0.4) is 0 Å². The van der Waals surface area contributed by atoms with E-state index >= 15 is 0 Å².